The predicted octanol–water partition coefficient (Wildman–Crippen LogP) is 4.59. The second-order valence-corrected chi connectivity index (χ2v) is 5.69. The summed E-state index contributed by atoms with van der Waals surface area (Å²) in [6.45, 7) is 1.55. The SMILES string of the molecule is CCOc1cc(C=O)ccc1OCC(=O)Nc1cc(C(F)(F)F)ccc1Cl. The molecule has 0 aliphatic carbocycles. The number of anilines is 1. The van der Waals surface area contributed by atoms with E-state index in [1.807, 2.05) is 0 Å². The maximum atomic E-state index is 12.8. The average molecular weight is 402 g/mol. The molecule has 9 heteroatoms. The Bertz CT molecular complexity index is 840. The molecule has 5 nitrogen and oxygen atoms in total. The highest BCUT2D eigenvalue weighted by molar-refractivity contribution is 6.33. The number of aldehydes is 1. The van der Waals surface area contributed by atoms with E-state index >= 15 is 0 Å². The molecule has 144 valence electrons. The summed E-state index contributed by atoms with van der Waals surface area (Å²) in [7, 11) is 0. The van der Waals surface area contributed by atoms with E-state index in [-0.39, 0.29) is 22.2 Å². The van der Waals surface area contributed by atoms with Crippen LogP contribution in [-0.4, -0.2) is 25.4 Å². The van der Waals surface area contributed by atoms with Gasteiger partial charge in [0.1, 0.15) is 6.29 Å². The van der Waals surface area contributed by atoms with Crippen molar-refractivity contribution in [1.29, 1.82) is 0 Å². The molecule has 0 heterocycles. The van der Waals surface area contributed by atoms with Gasteiger partial charge in [0.2, 0.25) is 0 Å². The fourth-order valence-corrected chi connectivity index (χ4v) is 2.28. The van der Waals surface area contributed by atoms with E-state index in [1.54, 1.807) is 6.92 Å². The molecule has 0 unspecified atom stereocenters. The number of nitrogens with one attached hydrogen (secondary N) is 1. The summed E-state index contributed by atoms with van der Waals surface area (Å²) < 4.78 is 49.0. The van der Waals surface area contributed by atoms with Gasteiger partial charge in [0.15, 0.2) is 18.1 Å². The van der Waals surface area contributed by atoms with Crippen molar-refractivity contribution in [2.45, 2.75) is 13.1 Å². The molecule has 0 aromatic heterocycles. The lowest BCUT2D eigenvalue weighted by Crippen LogP contribution is -2.21. The minimum absolute atomic E-state index is 0.0401. The van der Waals surface area contributed by atoms with Crippen LogP contribution in [0, 0.1) is 0 Å². The zero-order valence-electron chi connectivity index (χ0n) is 14.1. The molecule has 1 N–H and O–H groups in total. The third-order valence-corrected chi connectivity index (χ3v) is 3.66. The Labute approximate surface area is 158 Å². The zero-order valence-corrected chi connectivity index (χ0v) is 14.9. The first-order valence-electron chi connectivity index (χ1n) is 7.76. The third-order valence-electron chi connectivity index (χ3n) is 3.33. The van der Waals surface area contributed by atoms with Crippen molar-refractivity contribution in [3.63, 3.8) is 0 Å². The number of ether oxygens (including phenoxy) is 2. The largest absolute Gasteiger partial charge is 0.490 e. The maximum absolute atomic E-state index is 12.8. The van der Waals surface area contributed by atoms with Gasteiger partial charge in [-0.25, -0.2) is 0 Å². The van der Waals surface area contributed by atoms with E-state index in [4.69, 9.17) is 21.1 Å². The topological polar surface area (TPSA) is 64.6 Å². The van der Waals surface area contributed by atoms with Crippen LogP contribution < -0.4 is 14.8 Å². The number of carbonyl (C=O) groups excluding carboxylic acids is 2. The molecule has 0 fully saturated rings. The summed E-state index contributed by atoms with van der Waals surface area (Å²) in [5, 5.41) is 2.23. The van der Waals surface area contributed by atoms with Crippen LogP contribution in [0.2, 0.25) is 5.02 Å². The first-order chi connectivity index (χ1) is 12.7. The summed E-state index contributed by atoms with van der Waals surface area (Å²) in [6, 6.07) is 6.99. The molecule has 0 saturated carbocycles. The number of halogens is 4. The Morgan fingerprint density at radius 3 is 2.52 bits per heavy atom. The monoisotopic (exact) mass is 401 g/mol. The van der Waals surface area contributed by atoms with E-state index < -0.39 is 24.3 Å². The zero-order chi connectivity index (χ0) is 20.0. The lowest BCUT2D eigenvalue weighted by Gasteiger charge is -2.14. The van der Waals surface area contributed by atoms with Gasteiger partial charge >= 0.3 is 6.18 Å². The highest BCUT2D eigenvalue weighted by Gasteiger charge is 2.31. The maximum Gasteiger partial charge on any atom is 0.416 e. The minimum atomic E-state index is -4.56. The molecule has 0 bridgehead atoms. The molecule has 1 amide bonds. The van der Waals surface area contributed by atoms with Gasteiger partial charge in [-0.15, -0.1) is 0 Å². The van der Waals surface area contributed by atoms with Crippen LogP contribution in [0.5, 0.6) is 11.5 Å². The second kappa shape index (κ2) is 8.77. The van der Waals surface area contributed by atoms with Gasteiger partial charge in [0, 0.05) is 5.56 Å². The molecule has 0 radical (unpaired) electrons. The van der Waals surface area contributed by atoms with E-state index in [0.29, 0.717) is 18.5 Å². The normalized spacial score (nSPS) is 11.0. The molecule has 2 rings (SSSR count). The molecule has 27 heavy (non-hydrogen) atoms. The molecule has 0 aliphatic heterocycles. The molecule has 0 atom stereocenters. The number of rotatable bonds is 7. The Morgan fingerprint density at radius 1 is 1.15 bits per heavy atom. The standard InChI is InChI=1S/C18H15ClF3NO4/c1-2-26-16-7-11(9-24)3-6-15(16)27-10-17(25)23-14-8-12(18(20,21)22)4-5-13(14)19/h3-9H,2,10H2,1H3,(H,23,25). The van der Waals surface area contributed by atoms with Crippen LogP contribution in [-0.2, 0) is 11.0 Å². The molecule has 0 saturated heterocycles. The van der Waals surface area contributed by atoms with Crippen molar-refractivity contribution in [3.8, 4) is 11.5 Å². The van der Waals surface area contributed by atoms with E-state index in [1.165, 1.54) is 18.2 Å². The Balaban J connectivity index is 2.08. The van der Waals surface area contributed by atoms with Gasteiger partial charge in [-0.1, -0.05) is 11.6 Å². The van der Waals surface area contributed by atoms with Crippen LogP contribution in [0.4, 0.5) is 18.9 Å². The van der Waals surface area contributed by atoms with Crippen molar-refractivity contribution in [1.82, 2.24) is 0 Å². The lowest BCUT2D eigenvalue weighted by atomic mass is 10.2. The van der Waals surface area contributed by atoms with Gasteiger partial charge in [-0.05, 0) is 43.3 Å². The Morgan fingerprint density at radius 2 is 1.89 bits per heavy atom. The first-order valence-corrected chi connectivity index (χ1v) is 8.13. The summed E-state index contributed by atoms with van der Waals surface area (Å²) in [5.41, 5.74) is -0.751. The number of alkyl halides is 3. The summed E-state index contributed by atoms with van der Waals surface area (Å²) in [6.07, 6.45) is -3.93. The van der Waals surface area contributed by atoms with E-state index in [9.17, 15) is 22.8 Å². The molecular formula is C18H15ClF3NO4. The van der Waals surface area contributed by atoms with Gasteiger partial charge < -0.3 is 14.8 Å². The fraction of sp³-hybridized carbons (Fsp3) is 0.222. The molecule has 2 aromatic rings. The third kappa shape index (κ3) is 5.62. The number of hydrogen-bond acceptors (Lipinski definition) is 4. The van der Waals surface area contributed by atoms with Crippen LogP contribution in [0.15, 0.2) is 36.4 Å². The second-order valence-electron chi connectivity index (χ2n) is 5.29. The van der Waals surface area contributed by atoms with Crippen LogP contribution in [0.25, 0.3) is 0 Å². The summed E-state index contributed by atoms with van der Waals surface area (Å²) in [5.74, 6) is -0.224. The summed E-state index contributed by atoms with van der Waals surface area (Å²) >= 11 is 5.83. The summed E-state index contributed by atoms with van der Waals surface area (Å²) in [4.78, 5) is 22.8. The van der Waals surface area contributed by atoms with E-state index in [0.717, 1.165) is 18.2 Å². The van der Waals surface area contributed by atoms with Crippen molar-refractivity contribution in [3.05, 3.63) is 52.5 Å². The van der Waals surface area contributed by atoms with Crippen LogP contribution >= 0.6 is 11.6 Å². The molecule has 0 spiro atoms. The van der Waals surface area contributed by atoms with E-state index in [2.05, 4.69) is 5.32 Å². The first kappa shape index (κ1) is 20.6. The molecule has 2 aromatic carbocycles. The number of benzene rings is 2. The van der Waals surface area contributed by atoms with Crippen LogP contribution in [0.1, 0.15) is 22.8 Å². The Kier molecular flexibility index (Phi) is 6.68. The van der Waals surface area contributed by atoms with Crippen molar-refractivity contribution >= 4 is 29.5 Å². The molecule has 0 aliphatic rings. The van der Waals surface area contributed by atoms with Gasteiger partial charge in [0.25, 0.3) is 5.91 Å². The van der Waals surface area contributed by atoms with Gasteiger partial charge in [-0.2, -0.15) is 13.2 Å². The van der Waals surface area contributed by atoms with Gasteiger partial charge in [0.05, 0.1) is 22.9 Å². The smallest absolute Gasteiger partial charge is 0.416 e. The highest BCUT2D eigenvalue weighted by Crippen LogP contribution is 2.34. The van der Waals surface area contributed by atoms with Crippen molar-refractivity contribution in [2.75, 3.05) is 18.5 Å². The lowest BCUT2D eigenvalue weighted by molar-refractivity contribution is -0.137. The molecular weight excluding hydrogens is 387 g/mol. The van der Waals surface area contributed by atoms with Crippen molar-refractivity contribution in [2.24, 2.45) is 0 Å². The number of amides is 1. The predicted molar refractivity (Wildman–Crippen MR) is 93.6 cm³/mol. The highest BCUT2D eigenvalue weighted by atomic mass is 35.5. The van der Waals surface area contributed by atoms with Crippen LogP contribution in [0.3, 0.4) is 0 Å². The average Bonchev–Trinajstić information content (AvgIpc) is 2.61. The van der Waals surface area contributed by atoms with Crippen molar-refractivity contribution < 1.29 is 32.2 Å². The number of hydrogen-bond donors (Lipinski definition) is 1. The minimum Gasteiger partial charge on any atom is -0.490 e. The Hall–Kier alpha value is -2.74. The number of carbonyl (C=O) groups is 2. The van der Waals surface area contributed by atoms with Gasteiger partial charge in [-0.3, -0.25) is 9.59 Å². The quantitative estimate of drug-likeness (QED) is 0.689. The fourth-order valence-electron chi connectivity index (χ4n) is 2.11.